The number of benzene rings is 1. The zero-order chi connectivity index (χ0) is 20.3. The Morgan fingerprint density at radius 3 is 2.36 bits per heavy atom. The molecule has 1 saturated heterocycles. The number of rotatable bonds is 2. The number of aliphatic hydroxyl groups is 1. The van der Waals surface area contributed by atoms with E-state index in [0.717, 1.165) is 41.5 Å². The topological polar surface area (TPSA) is 57.6 Å². The molecule has 2 aliphatic rings. The second-order valence-corrected chi connectivity index (χ2v) is 8.26. The van der Waals surface area contributed by atoms with Gasteiger partial charge in [-0.3, -0.25) is 9.59 Å². The van der Waals surface area contributed by atoms with Crippen LogP contribution in [0.2, 0.25) is 0 Å². The normalized spacial score (nSPS) is 23.7. The summed E-state index contributed by atoms with van der Waals surface area (Å²) in [5.74, 6) is 6.01. The molecule has 4 nitrogen and oxygen atoms in total. The van der Waals surface area contributed by atoms with Crippen molar-refractivity contribution >= 4 is 11.7 Å². The van der Waals surface area contributed by atoms with Crippen molar-refractivity contribution in [3.8, 4) is 11.8 Å². The highest BCUT2D eigenvalue weighted by Gasteiger charge is 2.35. The Bertz CT molecular complexity index is 790. The fraction of sp³-hybridized carbons (Fsp3) is 0.583. The molecule has 1 amide bonds. The fourth-order valence-corrected chi connectivity index (χ4v) is 4.43. The SMILES string of the molecule is CC#Cc1cc(C)c(C2C(=O)CCCN(C(=O)C3CC3)CCCC2O)c(C)c1. The summed E-state index contributed by atoms with van der Waals surface area (Å²) in [6.45, 7) is 7.13. The van der Waals surface area contributed by atoms with Gasteiger partial charge in [0.1, 0.15) is 5.78 Å². The van der Waals surface area contributed by atoms with Crippen LogP contribution in [0.3, 0.4) is 0 Å². The van der Waals surface area contributed by atoms with Crippen LogP contribution < -0.4 is 0 Å². The third-order valence-corrected chi connectivity index (χ3v) is 5.92. The molecular formula is C24H31NO3. The van der Waals surface area contributed by atoms with Crippen molar-refractivity contribution in [1.82, 2.24) is 4.90 Å². The van der Waals surface area contributed by atoms with Crippen LogP contribution in [0.15, 0.2) is 12.1 Å². The number of aryl methyl sites for hydroxylation is 2. The number of hydrogen-bond donors (Lipinski definition) is 1. The lowest BCUT2D eigenvalue weighted by Crippen LogP contribution is -2.37. The van der Waals surface area contributed by atoms with E-state index in [-0.39, 0.29) is 17.6 Å². The van der Waals surface area contributed by atoms with Gasteiger partial charge in [0.05, 0.1) is 12.0 Å². The number of Topliss-reactive ketones (excluding diaryl/α,β-unsaturated/α-hetero) is 1. The summed E-state index contributed by atoms with van der Waals surface area (Å²) in [6.07, 6.45) is 3.58. The molecule has 2 unspecified atom stereocenters. The third-order valence-electron chi connectivity index (χ3n) is 5.92. The largest absolute Gasteiger partial charge is 0.392 e. The molecule has 1 N–H and O–H groups in total. The highest BCUT2D eigenvalue weighted by molar-refractivity contribution is 5.87. The molecule has 2 atom stereocenters. The number of nitrogens with zero attached hydrogens (tertiary/aromatic N) is 1. The molecule has 3 rings (SSSR count). The Morgan fingerprint density at radius 1 is 1.11 bits per heavy atom. The molecular weight excluding hydrogens is 350 g/mol. The minimum atomic E-state index is -0.719. The first-order chi connectivity index (χ1) is 13.4. The van der Waals surface area contributed by atoms with E-state index in [4.69, 9.17) is 0 Å². The Morgan fingerprint density at radius 2 is 1.75 bits per heavy atom. The molecule has 150 valence electrons. The van der Waals surface area contributed by atoms with Crippen LogP contribution in [0.25, 0.3) is 0 Å². The minimum Gasteiger partial charge on any atom is -0.392 e. The minimum absolute atomic E-state index is 0.0775. The predicted octanol–water partition coefficient (Wildman–Crippen LogP) is 3.50. The first-order valence-corrected chi connectivity index (χ1v) is 10.5. The zero-order valence-electron chi connectivity index (χ0n) is 17.3. The molecule has 0 radical (unpaired) electrons. The van der Waals surface area contributed by atoms with Crippen LogP contribution in [0.4, 0.5) is 0 Å². The molecule has 4 heteroatoms. The van der Waals surface area contributed by atoms with Gasteiger partial charge in [0, 0.05) is 31.0 Å². The van der Waals surface area contributed by atoms with Crippen molar-refractivity contribution in [2.45, 2.75) is 71.3 Å². The van der Waals surface area contributed by atoms with Crippen LogP contribution in [0.1, 0.15) is 73.6 Å². The van der Waals surface area contributed by atoms with Crippen LogP contribution in [-0.4, -0.2) is 40.9 Å². The number of ketones is 1. The van der Waals surface area contributed by atoms with E-state index < -0.39 is 12.0 Å². The zero-order valence-corrected chi connectivity index (χ0v) is 17.3. The van der Waals surface area contributed by atoms with Gasteiger partial charge in [-0.15, -0.1) is 5.92 Å². The Labute approximate surface area is 168 Å². The van der Waals surface area contributed by atoms with E-state index in [1.807, 2.05) is 37.8 Å². The number of carbonyl (C=O) groups is 2. The fourth-order valence-electron chi connectivity index (χ4n) is 4.43. The second-order valence-electron chi connectivity index (χ2n) is 8.26. The van der Waals surface area contributed by atoms with Crippen LogP contribution in [0, 0.1) is 31.6 Å². The summed E-state index contributed by atoms with van der Waals surface area (Å²) in [6, 6.07) is 4.02. The molecule has 0 aromatic heterocycles. The van der Waals surface area contributed by atoms with Gasteiger partial charge >= 0.3 is 0 Å². The van der Waals surface area contributed by atoms with Crippen molar-refractivity contribution in [1.29, 1.82) is 0 Å². The smallest absolute Gasteiger partial charge is 0.225 e. The highest BCUT2D eigenvalue weighted by Crippen LogP contribution is 2.34. The maximum atomic E-state index is 13.1. The molecule has 1 aliphatic carbocycles. The number of amides is 1. The lowest BCUT2D eigenvalue weighted by atomic mass is 9.80. The average molecular weight is 382 g/mol. The maximum absolute atomic E-state index is 13.1. The van der Waals surface area contributed by atoms with E-state index in [0.29, 0.717) is 32.4 Å². The molecule has 0 spiro atoms. The number of aliphatic hydroxyl groups excluding tert-OH is 1. The van der Waals surface area contributed by atoms with Crippen LogP contribution in [-0.2, 0) is 9.59 Å². The van der Waals surface area contributed by atoms with Crippen molar-refractivity contribution in [2.75, 3.05) is 13.1 Å². The van der Waals surface area contributed by atoms with Crippen molar-refractivity contribution in [2.24, 2.45) is 5.92 Å². The second kappa shape index (κ2) is 8.92. The lowest BCUT2D eigenvalue weighted by molar-refractivity contribution is -0.133. The summed E-state index contributed by atoms with van der Waals surface area (Å²) in [4.78, 5) is 27.4. The Hall–Kier alpha value is -2.12. The van der Waals surface area contributed by atoms with Gasteiger partial charge in [-0.05, 0) is 81.7 Å². The number of hydrogen-bond acceptors (Lipinski definition) is 3. The molecule has 28 heavy (non-hydrogen) atoms. The van der Waals surface area contributed by atoms with Gasteiger partial charge in [-0.1, -0.05) is 5.92 Å². The van der Waals surface area contributed by atoms with Gasteiger partial charge in [0.25, 0.3) is 0 Å². The Kier molecular flexibility index (Phi) is 6.57. The molecule has 1 aromatic carbocycles. The van der Waals surface area contributed by atoms with Gasteiger partial charge in [0.2, 0.25) is 5.91 Å². The predicted molar refractivity (Wildman–Crippen MR) is 110 cm³/mol. The van der Waals surface area contributed by atoms with E-state index in [1.165, 1.54) is 0 Å². The summed E-state index contributed by atoms with van der Waals surface area (Å²) < 4.78 is 0. The van der Waals surface area contributed by atoms with Crippen molar-refractivity contribution < 1.29 is 14.7 Å². The standard InChI is InChI=1S/C24H31NO3/c1-4-7-18-14-16(2)22(17(3)15-18)23-20(26)8-5-12-25(13-6-9-21(23)27)24(28)19-10-11-19/h14-15,19-20,23,26H,5-6,8-13H2,1-3H3. The highest BCUT2D eigenvalue weighted by atomic mass is 16.3. The molecule has 1 heterocycles. The number of carbonyl (C=O) groups excluding carboxylic acids is 2. The summed E-state index contributed by atoms with van der Waals surface area (Å²) in [7, 11) is 0. The van der Waals surface area contributed by atoms with E-state index in [2.05, 4.69) is 11.8 Å². The quantitative estimate of drug-likeness (QED) is 0.798. The van der Waals surface area contributed by atoms with E-state index in [1.54, 1.807) is 0 Å². The molecule has 0 bridgehead atoms. The van der Waals surface area contributed by atoms with Crippen LogP contribution in [0.5, 0.6) is 0 Å². The van der Waals surface area contributed by atoms with Gasteiger partial charge in [-0.2, -0.15) is 0 Å². The van der Waals surface area contributed by atoms with Gasteiger partial charge in [-0.25, -0.2) is 0 Å². The monoisotopic (exact) mass is 381 g/mol. The molecule has 1 aromatic rings. The first-order valence-electron chi connectivity index (χ1n) is 10.5. The van der Waals surface area contributed by atoms with Crippen LogP contribution >= 0.6 is 0 Å². The van der Waals surface area contributed by atoms with E-state index >= 15 is 0 Å². The first kappa shape index (κ1) is 20.6. The molecule has 1 aliphatic heterocycles. The Balaban J connectivity index is 1.81. The van der Waals surface area contributed by atoms with Gasteiger partial charge < -0.3 is 10.0 Å². The average Bonchev–Trinajstić information content (AvgIpc) is 3.47. The van der Waals surface area contributed by atoms with Gasteiger partial charge in [0.15, 0.2) is 0 Å². The van der Waals surface area contributed by atoms with E-state index in [9.17, 15) is 14.7 Å². The lowest BCUT2D eigenvalue weighted by Gasteiger charge is -2.29. The van der Waals surface area contributed by atoms with Crippen molar-refractivity contribution in [3.63, 3.8) is 0 Å². The summed E-state index contributed by atoms with van der Waals surface area (Å²) in [5, 5.41) is 10.9. The maximum Gasteiger partial charge on any atom is 0.225 e. The summed E-state index contributed by atoms with van der Waals surface area (Å²) in [5.41, 5.74) is 3.92. The summed E-state index contributed by atoms with van der Waals surface area (Å²) >= 11 is 0. The third kappa shape index (κ3) is 4.64. The molecule has 1 saturated carbocycles. The molecule has 2 fully saturated rings. The van der Waals surface area contributed by atoms with Crippen molar-refractivity contribution in [3.05, 3.63) is 34.4 Å².